The average Bonchev–Trinajstić information content (AvgIpc) is 2.37. The van der Waals surface area contributed by atoms with Gasteiger partial charge in [0, 0.05) is 6.54 Å². The summed E-state index contributed by atoms with van der Waals surface area (Å²) < 4.78 is 5.01. The van der Waals surface area contributed by atoms with Crippen LogP contribution in [-0.2, 0) is 11.3 Å². The molecule has 0 heterocycles. The third kappa shape index (κ3) is 5.92. The molecule has 4 heteroatoms. The highest BCUT2D eigenvalue weighted by atomic mass is 16.5. The van der Waals surface area contributed by atoms with Gasteiger partial charge in [0.05, 0.1) is 6.10 Å². The molecule has 0 aliphatic heterocycles. The van der Waals surface area contributed by atoms with E-state index in [4.69, 9.17) is 4.74 Å². The lowest BCUT2D eigenvalue weighted by molar-refractivity contribution is 0.132. The molecule has 94 valence electrons. The van der Waals surface area contributed by atoms with Gasteiger partial charge in [0.1, 0.15) is 6.61 Å². The topological polar surface area (TPSA) is 58.6 Å². The van der Waals surface area contributed by atoms with Crippen LogP contribution >= 0.6 is 0 Å². The van der Waals surface area contributed by atoms with Crippen LogP contribution in [0.3, 0.4) is 0 Å². The Morgan fingerprint density at radius 2 is 2.12 bits per heavy atom. The quantitative estimate of drug-likeness (QED) is 0.796. The summed E-state index contributed by atoms with van der Waals surface area (Å²) in [5, 5.41) is 11.9. The van der Waals surface area contributed by atoms with Crippen molar-refractivity contribution < 1.29 is 14.6 Å². The van der Waals surface area contributed by atoms with E-state index >= 15 is 0 Å². The van der Waals surface area contributed by atoms with Gasteiger partial charge in [0.15, 0.2) is 0 Å². The first-order valence-electron chi connectivity index (χ1n) is 5.85. The highest BCUT2D eigenvalue weighted by Crippen LogP contribution is 2.00. The molecule has 0 aliphatic carbocycles. The highest BCUT2D eigenvalue weighted by molar-refractivity contribution is 5.67. The summed E-state index contributed by atoms with van der Waals surface area (Å²) >= 11 is 0. The first-order valence-corrected chi connectivity index (χ1v) is 5.85. The Morgan fingerprint density at radius 3 is 2.76 bits per heavy atom. The molecule has 0 radical (unpaired) electrons. The van der Waals surface area contributed by atoms with Gasteiger partial charge in [-0.1, -0.05) is 37.3 Å². The Bertz CT molecular complexity index is 327. The Morgan fingerprint density at radius 1 is 1.41 bits per heavy atom. The minimum Gasteiger partial charge on any atom is -0.445 e. The van der Waals surface area contributed by atoms with Gasteiger partial charge in [-0.3, -0.25) is 0 Å². The number of aliphatic hydroxyl groups is 1. The normalized spacial score (nSPS) is 11.9. The maximum Gasteiger partial charge on any atom is 0.407 e. The van der Waals surface area contributed by atoms with E-state index in [0.29, 0.717) is 19.4 Å². The molecule has 17 heavy (non-hydrogen) atoms. The van der Waals surface area contributed by atoms with Crippen molar-refractivity contribution in [2.75, 3.05) is 6.54 Å². The number of amides is 1. The second-order valence-electron chi connectivity index (χ2n) is 3.84. The molecule has 1 aromatic carbocycles. The molecule has 4 nitrogen and oxygen atoms in total. The summed E-state index contributed by atoms with van der Waals surface area (Å²) in [5.41, 5.74) is 0.955. The molecule has 1 aromatic rings. The number of aliphatic hydroxyl groups excluding tert-OH is 1. The minimum absolute atomic E-state index is 0.267. The Balaban J connectivity index is 2.13. The number of alkyl carbamates (subject to hydrolysis) is 1. The van der Waals surface area contributed by atoms with Crippen LogP contribution in [0, 0.1) is 0 Å². The SMILES string of the molecule is CC[C@@H](O)CCNC(=O)OCc1ccccc1. The third-order valence-electron chi connectivity index (χ3n) is 2.43. The van der Waals surface area contributed by atoms with Crippen molar-refractivity contribution in [3.8, 4) is 0 Å². The molecular weight excluding hydrogens is 218 g/mol. The maximum atomic E-state index is 11.3. The number of rotatable bonds is 6. The van der Waals surface area contributed by atoms with E-state index in [9.17, 15) is 9.90 Å². The van der Waals surface area contributed by atoms with Crippen LogP contribution in [0.1, 0.15) is 25.3 Å². The molecule has 0 fully saturated rings. The summed E-state index contributed by atoms with van der Waals surface area (Å²) in [7, 11) is 0. The number of ether oxygens (including phenoxy) is 1. The largest absolute Gasteiger partial charge is 0.445 e. The van der Waals surface area contributed by atoms with Gasteiger partial charge in [-0.25, -0.2) is 4.79 Å². The second kappa shape index (κ2) is 7.68. The Hall–Kier alpha value is -1.55. The van der Waals surface area contributed by atoms with Crippen LogP contribution in [0.4, 0.5) is 4.79 Å². The molecule has 1 atom stereocenters. The van der Waals surface area contributed by atoms with Crippen molar-refractivity contribution in [3.63, 3.8) is 0 Å². The van der Waals surface area contributed by atoms with E-state index < -0.39 is 6.09 Å². The van der Waals surface area contributed by atoms with Crippen LogP contribution in [0.5, 0.6) is 0 Å². The summed E-state index contributed by atoms with van der Waals surface area (Å²) in [6.07, 6.45) is 0.444. The summed E-state index contributed by atoms with van der Waals surface area (Å²) in [5.74, 6) is 0. The van der Waals surface area contributed by atoms with Crippen molar-refractivity contribution in [2.45, 2.75) is 32.5 Å². The monoisotopic (exact) mass is 237 g/mol. The minimum atomic E-state index is -0.447. The number of hydrogen-bond donors (Lipinski definition) is 2. The molecule has 0 aliphatic rings. The lowest BCUT2D eigenvalue weighted by Crippen LogP contribution is -2.27. The molecule has 1 amide bonds. The van der Waals surface area contributed by atoms with E-state index in [2.05, 4.69) is 5.32 Å². The number of carbonyl (C=O) groups is 1. The number of hydrogen-bond acceptors (Lipinski definition) is 3. The molecular formula is C13H19NO3. The fourth-order valence-electron chi connectivity index (χ4n) is 1.32. The van der Waals surface area contributed by atoms with E-state index in [1.165, 1.54) is 0 Å². The first-order chi connectivity index (χ1) is 8.22. The van der Waals surface area contributed by atoms with E-state index in [0.717, 1.165) is 5.56 Å². The molecule has 0 spiro atoms. The van der Waals surface area contributed by atoms with Crippen molar-refractivity contribution in [1.82, 2.24) is 5.32 Å². The van der Waals surface area contributed by atoms with Crippen molar-refractivity contribution in [3.05, 3.63) is 35.9 Å². The van der Waals surface area contributed by atoms with Gasteiger partial charge < -0.3 is 15.2 Å². The van der Waals surface area contributed by atoms with Crippen LogP contribution in [0.15, 0.2) is 30.3 Å². The molecule has 0 unspecified atom stereocenters. The predicted octanol–water partition coefficient (Wildman–Crippen LogP) is 2.07. The summed E-state index contributed by atoms with van der Waals surface area (Å²) in [6, 6.07) is 9.50. The Labute approximate surface area is 102 Å². The predicted molar refractivity (Wildman–Crippen MR) is 65.5 cm³/mol. The molecule has 1 rings (SSSR count). The van der Waals surface area contributed by atoms with E-state index in [1.807, 2.05) is 37.3 Å². The van der Waals surface area contributed by atoms with E-state index in [1.54, 1.807) is 0 Å². The van der Waals surface area contributed by atoms with Gasteiger partial charge in [-0.15, -0.1) is 0 Å². The van der Waals surface area contributed by atoms with Gasteiger partial charge in [-0.2, -0.15) is 0 Å². The molecule has 0 saturated carbocycles. The fraction of sp³-hybridized carbons (Fsp3) is 0.462. The average molecular weight is 237 g/mol. The number of benzene rings is 1. The number of carbonyl (C=O) groups excluding carboxylic acids is 1. The molecule has 0 aromatic heterocycles. The van der Waals surface area contributed by atoms with E-state index in [-0.39, 0.29) is 12.7 Å². The highest BCUT2D eigenvalue weighted by Gasteiger charge is 2.04. The van der Waals surface area contributed by atoms with Crippen LogP contribution in [-0.4, -0.2) is 23.8 Å². The number of nitrogens with one attached hydrogen (secondary N) is 1. The lowest BCUT2D eigenvalue weighted by atomic mass is 10.2. The fourth-order valence-corrected chi connectivity index (χ4v) is 1.32. The van der Waals surface area contributed by atoms with Gasteiger partial charge in [-0.05, 0) is 18.4 Å². The van der Waals surface area contributed by atoms with Crippen LogP contribution in [0.25, 0.3) is 0 Å². The Kier molecular flexibility index (Phi) is 6.10. The van der Waals surface area contributed by atoms with Gasteiger partial charge in [0.2, 0.25) is 0 Å². The second-order valence-corrected chi connectivity index (χ2v) is 3.84. The lowest BCUT2D eigenvalue weighted by Gasteiger charge is -2.09. The summed E-state index contributed by atoms with van der Waals surface area (Å²) in [6.45, 7) is 2.60. The smallest absolute Gasteiger partial charge is 0.407 e. The molecule has 0 bridgehead atoms. The molecule has 0 saturated heterocycles. The van der Waals surface area contributed by atoms with Crippen molar-refractivity contribution in [1.29, 1.82) is 0 Å². The standard InChI is InChI=1S/C13H19NO3/c1-2-12(15)8-9-14-13(16)17-10-11-6-4-3-5-7-11/h3-7,12,15H,2,8-10H2,1H3,(H,14,16)/t12-/m1/s1. The van der Waals surface area contributed by atoms with Crippen molar-refractivity contribution >= 4 is 6.09 Å². The van der Waals surface area contributed by atoms with Crippen LogP contribution < -0.4 is 5.32 Å². The first kappa shape index (κ1) is 13.5. The zero-order valence-corrected chi connectivity index (χ0v) is 10.1. The summed E-state index contributed by atoms with van der Waals surface area (Å²) in [4.78, 5) is 11.3. The van der Waals surface area contributed by atoms with Gasteiger partial charge in [0.25, 0.3) is 0 Å². The zero-order valence-electron chi connectivity index (χ0n) is 10.1. The van der Waals surface area contributed by atoms with Crippen molar-refractivity contribution in [2.24, 2.45) is 0 Å². The zero-order chi connectivity index (χ0) is 12.5. The third-order valence-corrected chi connectivity index (χ3v) is 2.43. The van der Waals surface area contributed by atoms with Gasteiger partial charge >= 0.3 is 6.09 Å². The molecule has 2 N–H and O–H groups in total. The maximum absolute atomic E-state index is 11.3. The van der Waals surface area contributed by atoms with Crippen LogP contribution in [0.2, 0.25) is 0 Å².